The van der Waals surface area contributed by atoms with E-state index in [0.717, 1.165) is 12.1 Å². The van der Waals surface area contributed by atoms with Gasteiger partial charge in [0.25, 0.3) is 0 Å². The molecule has 2 N–H and O–H groups in total. The molecule has 0 aliphatic heterocycles. The van der Waals surface area contributed by atoms with Crippen LogP contribution >= 0.6 is 0 Å². The molecular weight excluding hydrogens is 184 g/mol. The molecule has 0 fully saturated rings. The van der Waals surface area contributed by atoms with Crippen LogP contribution < -0.4 is 5.73 Å². The molecule has 2 nitrogen and oxygen atoms in total. The molecule has 1 aromatic heterocycles. The fourth-order valence-electron chi connectivity index (χ4n) is 1.69. The Bertz CT molecular complexity index is 480. The Balaban J connectivity index is 2.56. The molecule has 0 saturated carbocycles. The fourth-order valence-corrected chi connectivity index (χ4v) is 1.69. The van der Waals surface area contributed by atoms with Crippen LogP contribution in [-0.2, 0) is 5.54 Å². The highest BCUT2D eigenvalue weighted by Gasteiger charge is 2.17. The number of nitrogens with two attached hydrogens (primary N) is 1. The number of rotatable bonds is 2. The Morgan fingerprint density at radius 2 is 1.87 bits per heavy atom. The van der Waals surface area contributed by atoms with Gasteiger partial charge < -0.3 is 10.3 Å². The van der Waals surface area contributed by atoms with E-state index in [1.807, 2.05) is 12.1 Å². The average molecular weight is 202 g/mol. The molecule has 80 valence electrons. The maximum absolute atomic E-state index is 5.77. The first-order valence-electron chi connectivity index (χ1n) is 5.40. The third-order valence-electron chi connectivity index (χ3n) is 3.23. The Hall–Kier alpha value is -1.44. The molecule has 0 aliphatic carbocycles. The van der Waals surface area contributed by atoms with Crippen LogP contribution in [0, 0.1) is 0 Å². The molecule has 1 heterocycles. The quantitative estimate of drug-likeness (QED) is 0.744. The summed E-state index contributed by atoms with van der Waals surface area (Å²) < 4.78 is 2.27. The maximum atomic E-state index is 5.77. The van der Waals surface area contributed by atoms with Crippen LogP contribution in [0.5, 0.6) is 0 Å². The summed E-state index contributed by atoms with van der Waals surface area (Å²) in [5, 5.41) is 2.47. The lowest BCUT2D eigenvalue weighted by Crippen LogP contribution is -2.23. The zero-order chi connectivity index (χ0) is 11.1. The lowest BCUT2D eigenvalue weighted by molar-refractivity contribution is 0.344. The van der Waals surface area contributed by atoms with Gasteiger partial charge in [0, 0.05) is 29.0 Å². The fraction of sp³-hybridized carbons (Fsp3) is 0.385. The summed E-state index contributed by atoms with van der Waals surface area (Å²) in [5.41, 5.74) is 6.77. The second kappa shape index (κ2) is 3.30. The van der Waals surface area contributed by atoms with E-state index in [2.05, 4.69) is 43.8 Å². The van der Waals surface area contributed by atoms with Gasteiger partial charge in [0.2, 0.25) is 0 Å². The van der Waals surface area contributed by atoms with Crippen molar-refractivity contribution in [2.45, 2.75) is 32.7 Å². The van der Waals surface area contributed by atoms with Crippen molar-refractivity contribution in [3.05, 3.63) is 30.6 Å². The minimum atomic E-state index is 0.174. The molecule has 0 spiro atoms. The van der Waals surface area contributed by atoms with Crippen LogP contribution in [0.1, 0.15) is 27.2 Å². The molecule has 0 amide bonds. The number of nitrogens with zero attached hydrogens (tertiary/aromatic N) is 1. The molecule has 0 atom stereocenters. The largest absolute Gasteiger partial charge is 0.399 e. The normalized spacial score (nSPS) is 12.2. The number of hydrogen-bond donors (Lipinski definition) is 1. The lowest BCUT2D eigenvalue weighted by atomic mass is 10.0. The summed E-state index contributed by atoms with van der Waals surface area (Å²) in [5.74, 6) is 0. The van der Waals surface area contributed by atoms with E-state index in [0.29, 0.717) is 0 Å². The van der Waals surface area contributed by atoms with Crippen molar-refractivity contribution >= 4 is 16.5 Å². The standard InChI is InChI=1S/C13H18N2/c1-4-13(2,3)15-8-10-5-6-12(14)7-11(10)9-15/h5-9H,4,14H2,1-3H3. The molecule has 15 heavy (non-hydrogen) atoms. The first kappa shape index (κ1) is 10.1. The average Bonchev–Trinajstić information content (AvgIpc) is 2.61. The molecule has 0 bridgehead atoms. The first-order valence-corrected chi connectivity index (χ1v) is 5.40. The molecule has 0 radical (unpaired) electrons. The van der Waals surface area contributed by atoms with Crippen LogP contribution in [0.4, 0.5) is 5.69 Å². The van der Waals surface area contributed by atoms with Crippen molar-refractivity contribution < 1.29 is 0 Å². The molecule has 2 heteroatoms. The van der Waals surface area contributed by atoms with Gasteiger partial charge in [-0.05, 0) is 37.8 Å². The van der Waals surface area contributed by atoms with Crippen LogP contribution in [-0.4, -0.2) is 4.57 Å². The number of hydrogen-bond acceptors (Lipinski definition) is 1. The van der Waals surface area contributed by atoms with Gasteiger partial charge in [-0.15, -0.1) is 0 Å². The van der Waals surface area contributed by atoms with Crippen LogP contribution in [0.2, 0.25) is 0 Å². The van der Waals surface area contributed by atoms with Crippen molar-refractivity contribution in [2.75, 3.05) is 5.73 Å². The highest BCUT2D eigenvalue weighted by Crippen LogP contribution is 2.25. The predicted octanol–water partition coefficient (Wildman–Crippen LogP) is 3.37. The maximum Gasteiger partial charge on any atom is 0.0381 e. The zero-order valence-electron chi connectivity index (χ0n) is 9.62. The van der Waals surface area contributed by atoms with Crippen molar-refractivity contribution in [1.82, 2.24) is 4.57 Å². The Morgan fingerprint density at radius 1 is 1.20 bits per heavy atom. The summed E-state index contributed by atoms with van der Waals surface area (Å²) in [4.78, 5) is 0. The number of anilines is 1. The van der Waals surface area contributed by atoms with Crippen molar-refractivity contribution in [2.24, 2.45) is 0 Å². The zero-order valence-corrected chi connectivity index (χ0v) is 9.62. The summed E-state index contributed by atoms with van der Waals surface area (Å²) in [7, 11) is 0. The van der Waals surface area contributed by atoms with Gasteiger partial charge in [-0.25, -0.2) is 0 Å². The third kappa shape index (κ3) is 1.72. The summed E-state index contributed by atoms with van der Waals surface area (Å²) >= 11 is 0. The van der Waals surface area contributed by atoms with Crippen LogP contribution in [0.15, 0.2) is 30.6 Å². The van der Waals surface area contributed by atoms with Gasteiger partial charge in [0.05, 0.1) is 0 Å². The predicted molar refractivity (Wildman–Crippen MR) is 66.0 cm³/mol. The molecule has 2 rings (SSSR count). The molecule has 2 aromatic rings. The number of nitrogen functional groups attached to an aromatic ring is 1. The highest BCUT2D eigenvalue weighted by atomic mass is 15.0. The van der Waals surface area contributed by atoms with Crippen LogP contribution in [0.25, 0.3) is 10.8 Å². The number of aromatic nitrogens is 1. The van der Waals surface area contributed by atoms with Gasteiger partial charge in [-0.1, -0.05) is 13.0 Å². The van der Waals surface area contributed by atoms with Gasteiger partial charge >= 0.3 is 0 Å². The molecule has 0 unspecified atom stereocenters. The van der Waals surface area contributed by atoms with E-state index >= 15 is 0 Å². The minimum absolute atomic E-state index is 0.174. The van der Waals surface area contributed by atoms with E-state index in [4.69, 9.17) is 5.73 Å². The molecular formula is C13H18N2. The molecule has 0 saturated heterocycles. The van der Waals surface area contributed by atoms with E-state index in [1.165, 1.54) is 10.8 Å². The smallest absolute Gasteiger partial charge is 0.0381 e. The molecule has 1 aromatic carbocycles. The van der Waals surface area contributed by atoms with Gasteiger partial charge in [0.15, 0.2) is 0 Å². The van der Waals surface area contributed by atoms with Gasteiger partial charge in [-0.2, -0.15) is 0 Å². The van der Waals surface area contributed by atoms with Gasteiger partial charge in [0.1, 0.15) is 0 Å². The van der Waals surface area contributed by atoms with E-state index in [1.54, 1.807) is 0 Å². The number of fused-ring (bicyclic) bond motifs is 1. The van der Waals surface area contributed by atoms with E-state index in [-0.39, 0.29) is 5.54 Å². The summed E-state index contributed by atoms with van der Waals surface area (Å²) in [6, 6.07) is 6.05. The van der Waals surface area contributed by atoms with E-state index < -0.39 is 0 Å². The number of benzene rings is 1. The summed E-state index contributed by atoms with van der Waals surface area (Å²) in [6.45, 7) is 6.70. The van der Waals surface area contributed by atoms with Crippen molar-refractivity contribution in [1.29, 1.82) is 0 Å². The van der Waals surface area contributed by atoms with Crippen molar-refractivity contribution in [3.63, 3.8) is 0 Å². The van der Waals surface area contributed by atoms with Gasteiger partial charge in [-0.3, -0.25) is 0 Å². The Morgan fingerprint density at radius 3 is 2.53 bits per heavy atom. The summed E-state index contributed by atoms with van der Waals surface area (Å²) in [6.07, 6.45) is 5.48. The third-order valence-corrected chi connectivity index (χ3v) is 3.23. The first-order chi connectivity index (χ1) is 7.03. The van der Waals surface area contributed by atoms with Crippen LogP contribution in [0.3, 0.4) is 0 Å². The Labute approximate surface area is 90.7 Å². The second-order valence-corrected chi connectivity index (χ2v) is 4.72. The molecule has 0 aliphatic rings. The lowest BCUT2D eigenvalue weighted by Gasteiger charge is -2.25. The SMILES string of the molecule is CCC(C)(C)n1cc2ccc(N)cc2c1. The monoisotopic (exact) mass is 202 g/mol. The second-order valence-electron chi connectivity index (χ2n) is 4.72. The van der Waals surface area contributed by atoms with Crippen molar-refractivity contribution in [3.8, 4) is 0 Å². The topological polar surface area (TPSA) is 30.9 Å². The highest BCUT2D eigenvalue weighted by molar-refractivity contribution is 5.85. The van der Waals surface area contributed by atoms with E-state index in [9.17, 15) is 0 Å². The minimum Gasteiger partial charge on any atom is -0.399 e. The Kier molecular flexibility index (Phi) is 2.22.